The summed E-state index contributed by atoms with van der Waals surface area (Å²) in [5.41, 5.74) is 7.55. The van der Waals surface area contributed by atoms with Crippen molar-refractivity contribution in [3.8, 4) is 0 Å². The molecule has 0 heterocycles. The first-order valence-electron chi connectivity index (χ1n) is 4.87. The number of nitrogens with zero attached hydrogens (tertiary/aromatic N) is 3. The minimum atomic E-state index is -10.0. The van der Waals surface area contributed by atoms with Crippen LogP contribution in [0.3, 0.4) is 0 Å². The van der Waals surface area contributed by atoms with E-state index in [0.29, 0.717) is 6.07 Å². The number of sulfone groups is 1. The van der Waals surface area contributed by atoms with Crippen LogP contribution in [0.15, 0.2) is 33.1 Å². The summed E-state index contributed by atoms with van der Waals surface area (Å²) in [4.78, 5) is -1.19. The first-order valence-corrected chi connectivity index (χ1v) is 8.47. The number of halogens is 5. The highest BCUT2D eigenvalue weighted by Gasteiger charge is 2.65. The molecule has 0 aromatic heterocycles. The van der Waals surface area contributed by atoms with Crippen LogP contribution >= 0.6 is 10.2 Å². The second kappa shape index (κ2) is 3.99. The Bertz CT molecular complexity index is 708. The van der Waals surface area contributed by atoms with Crippen LogP contribution in [0.5, 0.6) is 0 Å². The average molecular weight is 337 g/mol. The van der Waals surface area contributed by atoms with Crippen molar-refractivity contribution in [3.63, 3.8) is 0 Å². The Labute approximate surface area is 110 Å². The van der Waals surface area contributed by atoms with Crippen LogP contribution in [0.25, 0.3) is 10.4 Å². The summed E-state index contributed by atoms with van der Waals surface area (Å²) in [6.45, 7) is 1.11. The first kappa shape index (κ1) is 16.5. The molecule has 0 radical (unpaired) electrons. The second-order valence-electron chi connectivity index (χ2n) is 3.69. The van der Waals surface area contributed by atoms with Crippen LogP contribution in [0.2, 0.25) is 0 Å². The van der Waals surface area contributed by atoms with Gasteiger partial charge in [0.05, 0.1) is 16.3 Å². The molecule has 0 aliphatic rings. The van der Waals surface area contributed by atoms with Gasteiger partial charge in [-0.25, -0.2) is 8.42 Å². The Morgan fingerprint density at radius 1 is 1.25 bits per heavy atom. The third-order valence-electron chi connectivity index (χ3n) is 2.24. The minimum absolute atomic E-state index is 0.0136. The van der Waals surface area contributed by atoms with E-state index in [1.165, 1.54) is 0 Å². The van der Waals surface area contributed by atoms with Crippen molar-refractivity contribution in [3.05, 3.63) is 28.6 Å². The van der Waals surface area contributed by atoms with E-state index in [1.54, 1.807) is 0 Å². The van der Waals surface area contributed by atoms with Gasteiger partial charge in [0.15, 0.2) is 9.84 Å². The fourth-order valence-electron chi connectivity index (χ4n) is 1.27. The van der Waals surface area contributed by atoms with Crippen LogP contribution in [0, 0.1) is 0 Å². The summed E-state index contributed by atoms with van der Waals surface area (Å²) in [6.07, 6.45) is 0. The minimum Gasteiger partial charge on any atom is -0.224 e. The summed E-state index contributed by atoms with van der Waals surface area (Å²) in [5, 5.41) is 2.89. The van der Waals surface area contributed by atoms with Gasteiger partial charge in [-0.1, -0.05) is 31.5 Å². The van der Waals surface area contributed by atoms with Gasteiger partial charge in [0.2, 0.25) is 0 Å². The Morgan fingerprint density at radius 3 is 2.20 bits per heavy atom. The molecule has 0 atom stereocenters. The third kappa shape index (κ3) is 3.52. The molecular weight excluding hydrogens is 329 g/mol. The number of benzene rings is 1. The van der Waals surface area contributed by atoms with Crippen molar-refractivity contribution in [2.75, 3.05) is 5.75 Å². The predicted octanol–water partition coefficient (Wildman–Crippen LogP) is 5.08. The maximum atomic E-state index is 12.6. The zero-order chi connectivity index (χ0) is 15.9. The molecule has 0 spiro atoms. The largest absolute Gasteiger partial charge is 0.310 e. The molecule has 5 nitrogen and oxygen atoms in total. The van der Waals surface area contributed by atoms with Gasteiger partial charge in [0, 0.05) is 4.91 Å². The Kier molecular flexibility index (Phi) is 3.30. The van der Waals surface area contributed by atoms with E-state index in [1.807, 2.05) is 0 Å². The van der Waals surface area contributed by atoms with Gasteiger partial charge in [0.25, 0.3) is 0 Å². The van der Waals surface area contributed by atoms with Gasteiger partial charge in [0.1, 0.15) is 4.90 Å². The molecule has 0 aliphatic heterocycles. The summed E-state index contributed by atoms with van der Waals surface area (Å²) in [7, 11) is -14.3. The molecule has 0 fully saturated rings. The van der Waals surface area contributed by atoms with E-state index in [-0.39, 0.29) is 12.1 Å². The Balaban J connectivity index is 3.78. The van der Waals surface area contributed by atoms with Crippen molar-refractivity contribution in [1.29, 1.82) is 0 Å². The number of hydrogen-bond acceptors (Lipinski definition) is 3. The SMILES string of the molecule is CCS(=O)(=O)c1cc(S(F)(F)(F)(F)F)ccc1N=[N+]=[N-]. The molecule has 12 heteroatoms. The molecule has 0 bridgehead atoms. The lowest BCUT2D eigenvalue weighted by molar-refractivity contribution is 0.363. The van der Waals surface area contributed by atoms with Crippen molar-refractivity contribution in [2.45, 2.75) is 16.7 Å². The molecule has 1 rings (SSSR count). The number of azide groups is 1. The lowest BCUT2D eigenvalue weighted by Gasteiger charge is -2.40. The molecule has 20 heavy (non-hydrogen) atoms. The molecule has 0 saturated carbocycles. The van der Waals surface area contributed by atoms with Gasteiger partial charge in [-0.2, -0.15) is 0 Å². The molecule has 1 aromatic rings. The summed E-state index contributed by atoms with van der Waals surface area (Å²) >= 11 is 0. The molecule has 0 saturated heterocycles. The van der Waals surface area contributed by atoms with Gasteiger partial charge >= 0.3 is 10.2 Å². The van der Waals surface area contributed by atoms with Crippen LogP contribution in [0.1, 0.15) is 6.92 Å². The van der Waals surface area contributed by atoms with E-state index < -0.39 is 41.3 Å². The summed E-state index contributed by atoms with van der Waals surface area (Å²) in [5.74, 6) is -0.634. The van der Waals surface area contributed by atoms with E-state index in [9.17, 15) is 27.8 Å². The normalized spacial score (nSPS) is 15.9. The van der Waals surface area contributed by atoms with E-state index in [0.717, 1.165) is 6.92 Å². The maximum Gasteiger partial charge on any atom is 0.310 e. The first-order chi connectivity index (χ1) is 8.71. The lowest BCUT2D eigenvalue weighted by Crippen LogP contribution is -2.09. The molecule has 1 aromatic carbocycles. The molecule has 0 unspecified atom stereocenters. The fraction of sp³-hybridized carbons (Fsp3) is 0.250. The van der Waals surface area contributed by atoms with Gasteiger partial charge in [-0.05, 0) is 23.7 Å². The van der Waals surface area contributed by atoms with Gasteiger partial charge < -0.3 is 0 Å². The fourth-order valence-corrected chi connectivity index (χ4v) is 3.06. The van der Waals surface area contributed by atoms with Crippen molar-refractivity contribution in [2.24, 2.45) is 5.11 Å². The Morgan fingerprint density at radius 2 is 1.80 bits per heavy atom. The molecule has 0 aliphatic carbocycles. The highest BCUT2D eigenvalue weighted by Crippen LogP contribution is 3.02. The van der Waals surface area contributed by atoms with Crippen LogP contribution < -0.4 is 0 Å². The van der Waals surface area contributed by atoms with E-state index in [4.69, 9.17) is 5.53 Å². The highest BCUT2D eigenvalue weighted by atomic mass is 32.5. The van der Waals surface area contributed by atoms with Crippen LogP contribution in [-0.2, 0) is 9.84 Å². The predicted molar refractivity (Wildman–Crippen MR) is 64.4 cm³/mol. The van der Waals surface area contributed by atoms with Crippen LogP contribution in [0.4, 0.5) is 25.1 Å². The molecule has 0 N–H and O–H groups in total. The van der Waals surface area contributed by atoms with Crippen molar-refractivity contribution in [1.82, 2.24) is 0 Å². The van der Waals surface area contributed by atoms with E-state index >= 15 is 0 Å². The van der Waals surface area contributed by atoms with E-state index in [2.05, 4.69) is 10.0 Å². The number of rotatable bonds is 4. The quantitative estimate of drug-likeness (QED) is 0.332. The third-order valence-corrected chi connectivity index (χ3v) is 5.15. The highest BCUT2D eigenvalue weighted by molar-refractivity contribution is 8.45. The second-order valence-corrected chi connectivity index (χ2v) is 8.35. The van der Waals surface area contributed by atoms with Crippen LogP contribution in [-0.4, -0.2) is 14.2 Å². The monoisotopic (exact) mass is 337 g/mol. The summed E-state index contributed by atoms with van der Waals surface area (Å²) in [6, 6.07) is 0.181. The molecule has 0 amide bonds. The number of hydrogen-bond donors (Lipinski definition) is 0. The molecular formula is C8H8F5N3O2S2. The average Bonchev–Trinajstić information content (AvgIpc) is 2.26. The zero-order valence-corrected chi connectivity index (χ0v) is 11.4. The zero-order valence-electron chi connectivity index (χ0n) is 9.80. The smallest absolute Gasteiger partial charge is 0.224 e. The Hall–Kier alpha value is -1.52. The lowest BCUT2D eigenvalue weighted by atomic mass is 10.3. The maximum absolute atomic E-state index is 12.6. The van der Waals surface area contributed by atoms with Crippen molar-refractivity contribution < 1.29 is 27.8 Å². The summed E-state index contributed by atoms with van der Waals surface area (Å²) < 4.78 is 86.4. The molecule has 114 valence electrons. The van der Waals surface area contributed by atoms with Crippen molar-refractivity contribution >= 4 is 25.7 Å². The van der Waals surface area contributed by atoms with Gasteiger partial charge in [-0.3, -0.25) is 0 Å². The topological polar surface area (TPSA) is 82.9 Å². The standard InChI is InChI=1S/C8H8F5N3O2S2/c1-2-19(17,18)8-5-6(20(9,10,11,12)13)3-4-7(8)15-16-14/h3-5H,2H2,1H3. The van der Waals surface area contributed by atoms with Gasteiger partial charge in [-0.15, -0.1) is 0 Å².